The number of imidazole rings is 1. The van der Waals surface area contributed by atoms with Gasteiger partial charge in [-0.3, -0.25) is 14.9 Å². The summed E-state index contributed by atoms with van der Waals surface area (Å²) in [6.07, 6.45) is 0.214. The summed E-state index contributed by atoms with van der Waals surface area (Å²) in [5, 5.41) is 2.78. The molecule has 22 heavy (non-hydrogen) atoms. The van der Waals surface area contributed by atoms with Crippen molar-refractivity contribution in [1.29, 1.82) is 0 Å². The molecule has 108 valence electrons. The van der Waals surface area contributed by atoms with Gasteiger partial charge in [0, 0.05) is 12.0 Å². The predicted octanol–water partition coefficient (Wildman–Crippen LogP) is 2.87. The standard InChI is InChI=1S/C17H13N3O2/c21-15-9-12(10-5-1-2-6-11(10)15)16(22)20-17-18-13-7-3-4-8-14(13)19-17/h1-8,12H,9H2,(H2,18,19,20,22)/t12-/m1/s1. The highest BCUT2D eigenvalue weighted by molar-refractivity contribution is 6.09. The molecule has 1 atom stereocenters. The topological polar surface area (TPSA) is 74.8 Å². The van der Waals surface area contributed by atoms with Gasteiger partial charge >= 0.3 is 0 Å². The molecule has 0 radical (unpaired) electrons. The number of aromatic amines is 1. The third-order valence-electron chi connectivity index (χ3n) is 3.97. The summed E-state index contributed by atoms with van der Waals surface area (Å²) in [5.41, 5.74) is 3.09. The molecule has 0 bridgehead atoms. The van der Waals surface area contributed by atoms with Crippen molar-refractivity contribution in [1.82, 2.24) is 9.97 Å². The Morgan fingerprint density at radius 2 is 1.91 bits per heavy atom. The number of para-hydroxylation sites is 2. The molecule has 2 aromatic carbocycles. The lowest BCUT2D eigenvalue weighted by Gasteiger charge is -2.09. The molecule has 0 fully saturated rings. The molecule has 0 aliphatic heterocycles. The number of Topliss-reactive ketones (excluding diaryl/α,β-unsaturated/α-hetero) is 1. The quantitative estimate of drug-likeness (QED) is 0.762. The van der Waals surface area contributed by atoms with Crippen molar-refractivity contribution in [3.63, 3.8) is 0 Å². The van der Waals surface area contributed by atoms with E-state index >= 15 is 0 Å². The largest absolute Gasteiger partial charge is 0.324 e. The Kier molecular flexibility index (Phi) is 2.79. The van der Waals surface area contributed by atoms with Gasteiger partial charge in [0.15, 0.2) is 5.78 Å². The summed E-state index contributed by atoms with van der Waals surface area (Å²) >= 11 is 0. The smallest absolute Gasteiger partial charge is 0.234 e. The Hall–Kier alpha value is -2.95. The molecule has 0 spiro atoms. The number of hydrogen-bond donors (Lipinski definition) is 2. The first kappa shape index (κ1) is 12.8. The van der Waals surface area contributed by atoms with Gasteiger partial charge < -0.3 is 4.98 Å². The zero-order valence-corrected chi connectivity index (χ0v) is 11.7. The Labute approximate surface area is 126 Å². The van der Waals surface area contributed by atoms with Crippen LogP contribution in [0.2, 0.25) is 0 Å². The third kappa shape index (κ3) is 1.98. The molecule has 0 saturated heterocycles. The minimum Gasteiger partial charge on any atom is -0.324 e. The molecule has 0 saturated carbocycles. The third-order valence-corrected chi connectivity index (χ3v) is 3.97. The van der Waals surface area contributed by atoms with Crippen molar-refractivity contribution in [2.45, 2.75) is 12.3 Å². The second kappa shape index (κ2) is 4.80. The highest BCUT2D eigenvalue weighted by Gasteiger charge is 2.34. The van der Waals surface area contributed by atoms with Crippen LogP contribution in [-0.4, -0.2) is 21.7 Å². The van der Waals surface area contributed by atoms with Gasteiger partial charge in [0.1, 0.15) is 0 Å². The Morgan fingerprint density at radius 3 is 2.77 bits per heavy atom. The fourth-order valence-corrected chi connectivity index (χ4v) is 2.91. The van der Waals surface area contributed by atoms with Crippen LogP contribution in [0.4, 0.5) is 5.95 Å². The summed E-state index contributed by atoms with van der Waals surface area (Å²) in [6.45, 7) is 0. The number of carbonyl (C=O) groups excluding carboxylic acids is 2. The van der Waals surface area contributed by atoms with E-state index < -0.39 is 5.92 Å². The molecule has 0 unspecified atom stereocenters. The van der Waals surface area contributed by atoms with Crippen molar-refractivity contribution < 1.29 is 9.59 Å². The van der Waals surface area contributed by atoms with E-state index in [4.69, 9.17) is 0 Å². The van der Waals surface area contributed by atoms with Crippen LogP contribution in [-0.2, 0) is 4.79 Å². The van der Waals surface area contributed by atoms with Crippen LogP contribution in [0.15, 0.2) is 48.5 Å². The van der Waals surface area contributed by atoms with E-state index in [1.165, 1.54) is 0 Å². The Balaban J connectivity index is 1.62. The lowest BCUT2D eigenvalue weighted by Crippen LogP contribution is -2.20. The van der Waals surface area contributed by atoms with Gasteiger partial charge in [0.2, 0.25) is 11.9 Å². The average molecular weight is 291 g/mol. The number of rotatable bonds is 2. The fraction of sp³-hybridized carbons (Fsp3) is 0.118. The monoisotopic (exact) mass is 291 g/mol. The van der Waals surface area contributed by atoms with Gasteiger partial charge in [-0.25, -0.2) is 4.98 Å². The zero-order valence-electron chi connectivity index (χ0n) is 11.7. The maximum absolute atomic E-state index is 12.5. The van der Waals surface area contributed by atoms with E-state index in [-0.39, 0.29) is 18.1 Å². The molecule has 5 nitrogen and oxygen atoms in total. The number of H-pyrrole nitrogens is 1. The molecule has 1 aliphatic rings. The molecule has 1 heterocycles. The first-order valence-corrected chi connectivity index (χ1v) is 7.10. The van der Waals surface area contributed by atoms with Gasteiger partial charge in [-0.15, -0.1) is 0 Å². The summed E-state index contributed by atoms with van der Waals surface area (Å²) in [5.74, 6) is -0.238. The van der Waals surface area contributed by atoms with Crippen molar-refractivity contribution >= 4 is 28.7 Å². The van der Waals surface area contributed by atoms with Crippen molar-refractivity contribution in [2.75, 3.05) is 5.32 Å². The fourth-order valence-electron chi connectivity index (χ4n) is 2.91. The number of nitrogens with zero attached hydrogens (tertiary/aromatic N) is 1. The van der Waals surface area contributed by atoms with Crippen molar-refractivity contribution in [3.05, 3.63) is 59.7 Å². The highest BCUT2D eigenvalue weighted by atomic mass is 16.2. The maximum Gasteiger partial charge on any atom is 0.234 e. The first-order chi connectivity index (χ1) is 10.7. The molecule has 4 rings (SSSR count). The van der Waals surface area contributed by atoms with Crippen LogP contribution in [0, 0.1) is 0 Å². The number of nitrogens with one attached hydrogen (secondary N) is 2. The van der Waals surface area contributed by atoms with E-state index in [2.05, 4.69) is 15.3 Å². The number of hydrogen-bond acceptors (Lipinski definition) is 3. The molecule has 1 aromatic heterocycles. The van der Waals surface area contributed by atoms with Crippen LogP contribution < -0.4 is 5.32 Å². The Bertz CT molecular complexity index is 865. The van der Waals surface area contributed by atoms with E-state index in [0.29, 0.717) is 11.5 Å². The summed E-state index contributed by atoms with van der Waals surface area (Å²) in [6, 6.07) is 14.8. The minimum absolute atomic E-state index is 0.0142. The van der Waals surface area contributed by atoms with Crippen LogP contribution in [0.5, 0.6) is 0 Å². The zero-order chi connectivity index (χ0) is 15.1. The van der Waals surface area contributed by atoms with Crippen molar-refractivity contribution in [3.8, 4) is 0 Å². The molecule has 2 N–H and O–H groups in total. The SMILES string of the molecule is O=C1C[C@@H](C(=O)Nc2nc3ccccc3[nH]2)c2ccccc21. The van der Waals surface area contributed by atoms with Gasteiger partial charge in [-0.2, -0.15) is 0 Å². The van der Waals surface area contributed by atoms with Gasteiger partial charge in [-0.1, -0.05) is 36.4 Å². The van der Waals surface area contributed by atoms with E-state index in [1.807, 2.05) is 42.5 Å². The molecule has 1 aliphatic carbocycles. The maximum atomic E-state index is 12.5. The van der Waals surface area contributed by atoms with Crippen LogP contribution in [0.25, 0.3) is 11.0 Å². The second-order valence-corrected chi connectivity index (χ2v) is 5.36. The number of anilines is 1. The number of fused-ring (bicyclic) bond motifs is 2. The van der Waals surface area contributed by atoms with Crippen molar-refractivity contribution in [2.24, 2.45) is 0 Å². The summed E-state index contributed by atoms with van der Waals surface area (Å²) in [4.78, 5) is 31.8. The number of aromatic nitrogens is 2. The highest BCUT2D eigenvalue weighted by Crippen LogP contribution is 2.33. The number of carbonyl (C=O) groups is 2. The Morgan fingerprint density at radius 1 is 1.14 bits per heavy atom. The molecular weight excluding hydrogens is 278 g/mol. The lowest BCUT2D eigenvalue weighted by atomic mass is 10.0. The van der Waals surface area contributed by atoms with Gasteiger partial charge in [0.05, 0.1) is 17.0 Å². The van der Waals surface area contributed by atoms with E-state index in [1.54, 1.807) is 6.07 Å². The van der Waals surface area contributed by atoms with E-state index in [9.17, 15) is 9.59 Å². The molecule has 5 heteroatoms. The molecule has 1 amide bonds. The number of ketones is 1. The summed E-state index contributed by atoms with van der Waals surface area (Å²) in [7, 11) is 0. The predicted molar refractivity (Wildman–Crippen MR) is 82.9 cm³/mol. The molecule has 3 aromatic rings. The van der Waals surface area contributed by atoms with E-state index in [0.717, 1.165) is 16.6 Å². The lowest BCUT2D eigenvalue weighted by molar-refractivity contribution is -0.117. The van der Waals surface area contributed by atoms with Crippen LogP contribution in [0.1, 0.15) is 28.3 Å². The number of benzene rings is 2. The van der Waals surface area contributed by atoms with Crippen LogP contribution >= 0.6 is 0 Å². The van der Waals surface area contributed by atoms with Gasteiger partial charge in [-0.05, 0) is 17.7 Å². The minimum atomic E-state index is -0.447. The first-order valence-electron chi connectivity index (χ1n) is 7.10. The molecular formula is C17H13N3O2. The average Bonchev–Trinajstić information content (AvgIpc) is 3.08. The number of amides is 1. The van der Waals surface area contributed by atoms with Crippen LogP contribution in [0.3, 0.4) is 0 Å². The van der Waals surface area contributed by atoms with Gasteiger partial charge in [0.25, 0.3) is 0 Å². The second-order valence-electron chi connectivity index (χ2n) is 5.36. The normalized spacial score (nSPS) is 16.7. The summed E-state index contributed by atoms with van der Waals surface area (Å²) < 4.78 is 0.